The second kappa shape index (κ2) is 8.29. The topological polar surface area (TPSA) is 26.0 Å². The van der Waals surface area contributed by atoms with E-state index in [-0.39, 0.29) is 0 Å². The molecule has 0 aromatic heterocycles. The number of hydrogen-bond acceptors (Lipinski definition) is 1. The standard InChI is InChI=1S/C20H23N/c1-17-9-7-13-19(14-8-16-21)20(17)15-6-5-12-18-10-3-2-4-11-18/h2-4,7,9-11,13H,5,8,12,14,16,21H2,1H3. The number of nitrogens with two attached hydrogens (primary N) is 1. The highest BCUT2D eigenvalue weighted by molar-refractivity contribution is 5.47. The molecule has 0 aliphatic carbocycles. The lowest BCUT2D eigenvalue weighted by Gasteiger charge is -2.06. The van der Waals surface area contributed by atoms with E-state index >= 15 is 0 Å². The van der Waals surface area contributed by atoms with E-state index in [1.807, 2.05) is 6.07 Å². The molecule has 0 bridgehead atoms. The van der Waals surface area contributed by atoms with Gasteiger partial charge in [-0.3, -0.25) is 0 Å². The molecule has 0 saturated carbocycles. The molecule has 21 heavy (non-hydrogen) atoms. The molecule has 0 heterocycles. The van der Waals surface area contributed by atoms with Gasteiger partial charge in [-0.05, 0) is 49.4 Å². The fraction of sp³-hybridized carbons (Fsp3) is 0.300. The zero-order valence-corrected chi connectivity index (χ0v) is 12.7. The molecule has 108 valence electrons. The molecule has 0 saturated heterocycles. The Balaban J connectivity index is 2.04. The van der Waals surface area contributed by atoms with Crippen LogP contribution in [0.5, 0.6) is 0 Å². The lowest BCUT2D eigenvalue weighted by molar-refractivity contribution is 0.830. The van der Waals surface area contributed by atoms with Crippen LogP contribution in [-0.2, 0) is 12.8 Å². The Hall–Kier alpha value is -2.04. The van der Waals surface area contributed by atoms with E-state index in [4.69, 9.17) is 5.73 Å². The van der Waals surface area contributed by atoms with Gasteiger partial charge in [0.2, 0.25) is 0 Å². The second-order valence-corrected chi connectivity index (χ2v) is 5.29. The average Bonchev–Trinajstić information content (AvgIpc) is 2.52. The van der Waals surface area contributed by atoms with Crippen LogP contribution in [0.4, 0.5) is 0 Å². The number of rotatable bonds is 5. The van der Waals surface area contributed by atoms with Gasteiger partial charge in [-0.2, -0.15) is 0 Å². The minimum absolute atomic E-state index is 0.731. The largest absolute Gasteiger partial charge is 0.330 e. The maximum atomic E-state index is 5.61. The molecule has 0 amide bonds. The summed E-state index contributed by atoms with van der Waals surface area (Å²) in [5.74, 6) is 6.70. The van der Waals surface area contributed by atoms with Crippen molar-refractivity contribution in [2.45, 2.75) is 32.6 Å². The third-order valence-electron chi connectivity index (χ3n) is 3.60. The van der Waals surface area contributed by atoms with Crippen molar-refractivity contribution in [2.75, 3.05) is 6.54 Å². The molecular weight excluding hydrogens is 254 g/mol. The lowest BCUT2D eigenvalue weighted by atomic mass is 9.98. The van der Waals surface area contributed by atoms with E-state index in [1.165, 1.54) is 22.3 Å². The summed E-state index contributed by atoms with van der Waals surface area (Å²) in [4.78, 5) is 0. The SMILES string of the molecule is Cc1cccc(CCCN)c1C#CCCc1ccccc1. The van der Waals surface area contributed by atoms with Crippen molar-refractivity contribution in [3.8, 4) is 11.8 Å². The monoisotopic (exact) mass is 277 g/mol. The van der Waals surface area contributed by atoms with Gasteiger partial charge >= 0.3 is 0 Å². The quantitative estimate of drug-likeness (QED) is 0.825. The fourth-order valence-corrected chi connectivity index (χ4v) is 2.41. The molecule has 0 spiro atoms. The zero-order chi connectivity index (χ0) is 14.9. The van der Waals surface area contributed by atoms with E-state index < -0.39 is 0 Å². The van der Waals surface area contributed by atoms with Gasteiger partial charge in [-0.25, -0.2) is 0 Å². The first-order valence-corrected chi connectivity index (χ1v) is 7.62. The summed E-state index contributed by atoms with van der Waals surface area (Å²) >= 11 is 0. The highest BCUT2D eigenvalue weighted by atomic mass is 14.5. The molecule has 0 aliphatic rings. The van der Waals surface area contributed by atoms with Gasteiger partial charge in [-0.1, -0.05) is 60.4 Å². The van der Waals surface area contributed by atoms with Gasteiger partial charge in [0.1, 0.15) is 0 Å². The molecular formula is C20H23N. The Kier molecular flexibility index (Phi) is 6.06. The molecule has 2 aromatic rings. The molecule has 0 aliphatic heterocycles. The Morgan fingerprint density at radius 3 is 2.52 bits per heavy atom. The summed E-state index contributed by atoms with van der Waals surface area (Å²) in [6.45, 7) is 2.86. The third kappa shape index (κ3) is 4.77. The van der Waals surface area contributed by atoms with E-state index in [0.29, 0.717) is 0 Å². The van der Waals surface area contributed by atoms with Crippen LogP contribution in [0.2, 0.25) is 0 Å². The van der Waals surface area contributed by atoms with Crippen molar-refractivity contribution < 1.29 is 0 Å². The van der Waals surface area contributed by atoms with Crippen LogP contribution in [0, 0.1) is 18.8 Å². The molecule has 1 heteroatoms. The predicted molar refractivity (Wildman–Crippen MR) is 90.2 cm³/mol. The van der Waals surface area contributed by atoms with Gasteiger partial charge in [0.15, 0.2) is 0 Å². The molecule has 0 unspecified atom stereocenters. The fourth-order valence-electron chi connectivity index (χ4n) is 2.41. The summed E-state index contributed by atoms with van der Waals surface area (Å²) in [5, 5.41) is 0. The highest BCUT2D eigenvalue weighted by Crippen LogP contribution is 2.15. The second-order valence-electron chi connectivity index (χ2n) is 5.29. The molecule has 0 atom stereocenters. The molecule has 0 radical (unpaired) electrons. The first-order chi connectivity index (χ1) is 10.3. The molecule has 2 aromatic carbocycles. The summed E-state index contributed by atoms with van der Waals surface area (Å²) in [7, 11) is 0. The van der Waals surface area contributed by atoms with Crippen LogP contribution in [-0.4, -0.2) is 6.54 Å². The Morgan fingerprint density at radius 1 is 0.952 bits per heavy atom. The lowest BCUT2D eigenvalue weighted by Crippen LogP contribution is -2.02. The first kappa shape index (κ1) is 15.4. The summed E-state index contributed by atoms with van der Waals surface area (Å²) in [6, 6.07) is 16.9. The highest BCUT2D eigenvalue weighted by Gasteiger charge is 2.02. The Morgan fingerprint density at radius 2 is 1.76 bits per heavy atom. The van der Waals surface area contributed by atoms with Gasteiger partial charge in [-0.15, -0.1) is 0 Å². The summed E-state index contributed by atoms with van der Waals surface area (Å²) < 4.78 is 0. The number of aryl methyl sites for hydroxylation is 3. The normalized spacial score (nSPS) is 10.0. The van der Waals surface area contributed by atoms with Crippen molar-refractivity contribution in [3.05, 3.63) is 70.8 Å². The first-order valence-electron chi connectivity index (χ1n) is 7.62. The Labute approximate surface area is 128 Å². The maximum absolute atomic E-state index is 5.61. The van der Waals surface area contributed by atoms with Crippen LogP contribution in [0.1, 0.15) is 35.1 Å². The molecule has 0 fully saturated rings. The zero-order valence-electron chi connectivity index (χ0n) is 12.7. The van der Waals surface area contributed by atoms with E-state index in [2.05, 4.69) is 61.2 Å². The van der Waals surface area contributed by atoms with Crippen LogP contribution in [0.3, 0.4) is 0 Å². The third-order valence-corrected chi connectivity index (χ3v) is 3.60. The minimum Gasteiger partial charge on any atom is -0.330 e. The van der Waals surface area contributed by atoms with Gasteiger partial charge in [0, 0.05) is 12.0 Å². The van der Waals surface area contributed by atoms with Crippen molar-refractivity contribution in [1.82, 2.24) is 0 Å². The van der Waals surface area contributed by atoms with Gasteiger partial charge < -0.3 is 5.73 Å². The Bertz CT molecular complexity index is 617. The van der Waals surface area contributed by atoms with E-state index in [1.54, 1.807) is 0 Å². The van der Waals surface area contributed by atoms with Gasteiger partial charge in [0.05, 0.1) is 0 Å². The predicted octanol–water partition coefficient (Wildman–Crippen LogP) is 3.87. The molecule has 2 rings (SSSR count). The maximum Gasteiger partial charge on any atom is 0.0306 e. The van der Waals surface area contributed by atoms with Crippen molar-refractivity contribution in [3.63, 3.8) is 0 Å². The van der Waals surface area contributed by atoms with Crippen LogP contribution in [0.15, 0.2) is 48.5 Å². The average molecular weight is 277 g/mol. The molecule has 2 N–H and O–H groups in total. The smallest absolute Gasteiger partial charge is 0.0306 e. The van der Waals surface area contributed by atoms with Crippen molar-refractivity contribution in [2.24, 2.45) is 5.73 Å². The summed E-state index contributed by atoms with van der Waals surface area (Å²) in [5.41, 5.74) is 10.7. The van der Waals surface area contributed by atoms with Crippen molar-refractivity contribution >= 4 is 0 Å². The molecule has 1 nitrogen and oxygen atoms in total. The van der Waals surface area contributed by atoms with E-state index in [9.17, 15) is 0 Å². The van der Waals surface area contributed by atoms with Crippen LogP contribution < -0.4 is 5.73 Å². The minimum atomic E-state index is 0.731. The van der Waals surface area contributed by atoms with Crippen LogP contribution in [0.25, 0.3) is 0 Å². The van der Waals surface area contributed by atoms with E-state index in [0.717, 1.165) is 32.2 Å². The van der Waals surface area contributed by atoms with Crippen molar-refractivity contribution in [1.29, 1.82) is 0 Å². The number of hydrogen-bond donors (Lipinski definition) is 1. The van der Waals surface area contributed by atoms with Gasteiger partial charge in [0.25, 0.3) is 0 Å². The summed E-state index contributed by atoms with van der Waals surface area (Å²) in [6.07, 6.45) is 3.94. The number of benzene rings is 2. The van der Waals surface area contributed by atoms with Crippen LogP contribution >= 0.6 is 0 Å².